The van der Waals surface area contributed by atoms with Gasteiger partial charge >= 0.3 is 5.97 Å². The minimum atomic E-state index is -0.246. The monoisotopic (exact) mass is 260 g/mol. The van der Waals surface area contributed by atoms with Gasteiger partial charge < -0.3 is 15.0 Å². The molecule has 0 spiro atoms. The second-order valence-electron chi connectivity index (χ2n) is 5.28. The number of methoxy groups -OCH3 is 1. The van der Waals surface area contributed by atoms with Gasteiger partial charge in [-0.05, 0) is 43.0 Å². The van der Waals surface area contributed by atoms with Crippen molar-refractivity contribution in [2.24, 2.45) is 0 Å². The average molecular weight is 260 g/mol. The molecule has 2 aliphatic rings. The molecule has 0 aromatic heterocycles. The number of hydrogen-bond acceptors (Lipinski definition) is 4. The van der Waals surface area contributed by atoms with E-state index in [1.54, 1.807) is 0 Å². The van der Waals surface area contributed by atoms with Crippen LogP contribution in [0.1, 0.15) is 28.8 Å². The molecule has 0 saturated carbocycles. The number of fused-ring (bicyclic) bond motifs is 3. The van der Waals surface area contributed by atoms with Gasteiger partial charge in [-0.15, -0.1) is 0 Å². The van der Waals surface area contributed by atoms with Gasteiger partial charge in [-0.25, -0.2) is 4.79 Å². The normalized spacial score (nSPS) is 22.2. The first-order chi connectivity index (χ1) is 9.29. The molecule has 1 unspecified atom stereocenters. The Morgan fingerprint density at radius 2 is 2.37 bits per heavy atom. The van der Waals surface area contributed by atoms with E-state index in [1.807, 2.05) is 12.1 Å². The molecule has 3 rings (SSSR count). The maximum absolute atomic E-state index is 11.6. The van der Waals surface area contributed by atoms with Gasteiger partial charge in [-0.1, -0.05) is 0 Å². The number of aryl methyl sites for hydroxylation is 1. The second kappa shape index (κ2) is 5.21. The molecule has 1 N–H and O–H groups in total. The van der Waals surface area contributed by atoms with Crippen LogP contribution < -0.4 is 10.2 Å². The lowest BCUT2D eigenvalue weighted by atomic mass is 10.0. The SMILES string of the molecule is COC(=O)c1ccc2c(c1)CCCC1CNCCN21. The summed E-state index contributed by atoms with van der Waals surface area (Å²) < 4.78 is 4.80. The quantitative estimate of drug-likeness (QED) is 0.779. The van der Waals surface area contributed by atoms with Gasteiger partial charge in [0.2, 0.25) is 0 Å². The highest BCUT2D eigenvalue weighted by atomic mass is 16.5. The molecule has 1 fully saturated rings. The van der Waals surface area contributed by atoms with Crippen LogP contribution in [-0.4, -0.2) is 38.8 Å². The van der Waals surface area contributed by atoms with E-state index in [0.29, 0.717) is 11.6 Å². The highest BCUT2D eigenvalue weighted by Gasteiger charge is 2.26. The topological polar surface area (TPSA) is 41.6 Å². The van der Waals surface area contributed by atoms with Gasteiger partial charge in [-0.2, -0.15) is 0 Å². The number of benzene rings is 1. The molecule has 1 aromatic rings. The lowest BCUT2D eigenvalue weighted by molar-refractivity contribution is 0.0600. The lowest BCUT2D eigenvalue weighted by Crippen LogP contribution is -2.51. The third-order valence-corrected chi connectivity index (χ3v) is 4.14. The van der Waals surface area contributed by atoms with E-state index in [1.165, 1.54) is 31.2 Å². The molecule has 1 atom stereocenters. The molecule has 1 saturated heterocycles. The van der Waals surface area contributed by atoms with Crippen molar-refractivity contribution in [1.29, 1.82) is 0 Å². The fraction of sp³-hybridized carbons (Fsp3) is 0.533. The third-order valence-electron chi connectivity index (χ3n) is 4.14. The van der Waals surface area contributed by atoms with Crippen molar-refractivity contribution in [2.45, 2.75) is 25.3 Å². The number of esters is 1. The molecule has 0 radical (unpaired) electrons. The first kappa shape index (κ1) is 12.5. The van der Waals surface area contributed by atoms with Gasteiger partial charge in [-0.3, -0.25) is 0 Å². The number of carbonyl (C=O) groups is 1. The van der Waals surface area contributed by atoms with E-state index < -0.39 is 0 Å². The summed E-state index contributed by atoms with van der Waals surface area (Å²) in [7, 11) is 1.43. The predicted molar refractivity (Wildman–Crippen MR) is 74.7 cm³/mol. The van der Waals surface area contributed by atoms with Gasteiger partial charge in [0, 0.05) is 31.4 Å². The fourth-order valence-corrected chi connectivity index (χ4v) is 3.17. The van der Waals surface area contributed by atoms with Crippen LogP contribution in [-0.2, 0) is 11.2 Å². The summed E-state index contributed by atoms with van der Waals surface area (Å²) in [6.07, 6.45) is 3.45. The highest BCUT2D eigenvalue weighted by Crippen LogP contribution is 2.31. The van der Waals surface area contributed by atoms with Crippen LogP contribution in [0, 0.1) is 0 Å². The molecule has 0 amide bonds. The van der Waals surface area contributed by atoms with Crippen molar-refractivity contribution in [3.8, 4) is 0 Å². The second-order valence-corrected chi connectivity index (χ2v) is 5.28. The largest absolute Gasteiger partial charge is 0.465 e. The van der Waals surface area contributed by atoms with Gasteiger partial charge in [0.1, 0.15) is 0 Å². The van der Waals surface area contributed by atoms with Crippen molar-refractivity contribution < 1.29 is 9.53 Å². The number of carbonyl (C=O) groups excluding carboxylic acids is 1. The Kier molecular flexibility index (Phi) is 3.42. The summed E-state index contributed by atoms with van der Waals surface area (Å²) in [5, 5.41) is 3.47. The van der Waals surface area contributed by atoms with E-state index in [9.17, 15) is 4.79 Å². The Hall–Kier alpha value is -1.55. The maximum Gasteiger partial charge on any atom is 0.337 e. The van der Waals surface area contributed by atoms with Crippen LogP contribution in [0.15, 0.2) is 18.2 Å². The molecule has 4 heteroatoms. The van der Waals surface area contributed by atoms with Crippen molar-refractivity contribution >= 4 is 11.7 Å². The number of piperazine rings is 1. The first-order valence-electron chi connectivity index (χ1n) is 6.98. The van der Waals surface area contributed by atoms with E-state index in [-0.39, 0.29) is 5.97 Å². The van der Waals surface area contributed by atoms with Crippen LogP contribution in [0.2, 0.25) is 0 Å². The molecule has 0 bridgehead atoms. The predicted octanol–water partition coefficient (Wildman–Crippen LogP) is 1.59. The molecule has 1 aromatic carbocycles. The first-order valence-corrected chi connectivity index (χ1v) is 6.98. The zero-order valence-electron chi connectivity index (χ0n) is 11.3. The average Bonchev–Trinajstić information content (AvgIpc) is 2.65. The Bertz CT molecular complexity index is 487. The van der Waals surface area contributed by atoms with E-state index in [4.69, 9.17) is 4.74 Å². The Morgan fingerprint density at radius 3 is 3.21 bits per heavy atom. The number of ether oxygens (including phenoxy) is 1. The van der Waals surface area contributed by atoms with Crippen molar-refractivity contribution in [3.05, 3.63) is 29.3 Å². The molecule has 19 heavy (non-hydrogen) atoms. The Balaban J connectivity index is 1.96. The number of nitrogens with one attached hydrogen (secondary N) is 1. The molecule has 4 nitrogen and oxygen atoms in total. The minimum absolute atomic E-state index is 0.246. The molecule has 2 heterocycles. The Labute approximate surface area is 113 Å². The summed E-state index contributed by atoms with van der Waals surface area (Å²) in [6, 6.07) is 6.57. The zero-order valence-corrected chi connectivity index (χ0v) is 11.3. The van der Waals surface area contributed by atoms with Crippen LogP contribution in [0.5, 0.6) is 0 Å². The fourth-order valence-electron chi connectivity index (χ4n) is 3.17. The molecule has 102 valence electrons. The van der Waals surface area contributed by atoms with Crippen LogP contribution in [0.4, 0.5) is 5.69 Å². The summed E-state index contributed by atoms with van der Waals surface area (Å²) in [6.45, 7) is 3.15. The van der Waals surface area contributed by atoms with E-state index in [0.717, 1.165) is 26.1 Å². The molecular weight excluding hydrogens is 240 g/mol. The van der Waals surface area contributed by atoms with Crippen molar-refractivity contribution in [2.75, 3.05) is 31.6 Å². The third kappa shape index (κ3) is 2.32. The summed E-state index contributed by atoms with van der Waals surface area (Å²) >= 11 is 0. The van der Waals surface area contributed by atoms with Crippen LogP contribution >= 0.6 is 0 Å². The van der Waals surface area contributed by atoms with Gasteiger partial charge in [0.05, 0.1) is 12.7 Å². The molecule has 2 aliphatic heterocycles. The Morgan fingerprint density at radius 1 is 1.47 bits per heavy atom. The summed E-state index contributed by atoms with van der Waals surface area (Å²) in [5.41, 5.74) is 3.25. The van der Waals surface area contributed by atoms with Crippen molar-refractivity contribution in [3.63, 3.8) is 0 Å². The summed E-state index contributed by atoms with van der Waals surface area (Å²) in [4.78, 5) is 14.1. The van der Waals surface area contributed by atoms with E-state index in [2.05, 4.69) is 16.3 Å². The number of anilines is 1. The highest BCUT2D eigenvalue weighted by molar-refractivity contribution is 5.90. The smallest absolute Gasteiger partial charge is 0.337 e. The van der Waals surface area contributed by atoms with Crippen LogP contribution in [0.3, 0.4) is 0 Å². The van der Waals surface area contributed by atoms with E-state index >= 15 is 0 Å². The number of nitrogens with zero attached hydrogens (tertiary/aromatic N) is 1. The summed E-state index contributed by atoms with van der Waals surface area (Å²) in [5.74, 6) is -0.246. The molecular formula is C15H20N2O2. The zero-order chi connectivity index (χ0) is 13.2. The van der Waals surface area contributed by atoms with Gasteiger partial charge in [0.25, 0.3) is 0 Å². The standard InChI is InChI=1S/C15H20N2O2/c1-19-15(18)12-5-6-14-11(9-12)3-2-4-13-10-16-7-8-17(13)14/h5-6,9,13,16H,2-4,7-8,10H2,1H3. The number of rotatable bonds is 1. The van der Waals surface area contributed by atoms with Crippen LogP contribution in [0.25, 0.3) is 0 Å². The minimum Gasteiger partial charge on any atom is -0.465 e. The maximum atomic E-state index is 11.6. The lowest BCUT2D eigenvalue weighted by Gasteiger charge is -2.37. The van der Waals surface area contributed by atoms with Crippen molar-refractivity contribution in [1.82, 2.24) is 5.32 Å². The molecule has 0 aliphatic carbocycles. The number of hydrogen-bond donors (Lipinski definition) is 1. The van der Waals surface area contributed by atoms with Gasteiger partial charge in [0.15, 0.2) is 0 Å².